The van der Waals surface area contributed by atoms with Crippen molar-refractivity contribution >= 4 is 17.7 Å². The lowest BCUT2D eigenvalue weighted by Gasteiger charge is -2.41. The SMILES string of the molecule is CC(C)(C)OC(=O)N1C2CCC1CN(C(=O)c1ccc(N)cc1)C2. The molecule has 2 aliphatic heterocycles. The van der Waals surface area contributed by atoms with E-state index in [1.807, 2.05) is 30.6 Å². The Morgan fingerprint density at radius 3 is 2.12 bits per heavy atom. The zero-order valence-corrected chi connectivity index (χ0v) is 14.5. The van der Waals surface area contributed by atoms with Gasteiger partial charge >= 0.3 is 6.09 Å². The molecular formula is C18H25N3O3. The normalized spacial score (nSPS) is 23.3. The first-order chi connectivity index (χ1) is 11.2. The number of amides is 2. The van der Waals surface area contributed by atoms with Crippen LogP contribution in [0.1, 0.15) is 44.0 Å². The topological polar surface area (TPSA) is 75.9 Å². The van der Waals surface area contributed by atoms with Crippen LogP contribution in [0.3, 0.4) is 0 Å². The molecule has 24 heavy (non-hydrogen) atoms. The summed E-state index contributed by atoms with van der Waals surface area (Å²) in [4.78, 5) is 28.8. The Labute approximate surface area is 142 Å². The molecule has 1 aromatic carbocycles. The van der Waals surface area contributed by atoms with Gasteiger partial charge in [-0.25, -0.2) is 4.79 Å². The zero-order valence-electron chi connectivity index (χ0n) is 14.5. The van der Waals surface area contributed by atoms with Crippen LogP contribution in [-0.2, 0) is 4.74 Å². The molecule has 2 atom stereocenters. The van der Waals surface area contributed by atoms with Crippen LogP contribution < -0.4 is 5.73 Å². The van der Waals surface area contributed by atoms with Crippen molar-refractivity contribution in [2.24, 2.45) is 0 Å². The predicted octanol–water partition coefficient (Wildman–Crippen LogP) is 2.49. The van der Waals surface area contributed by atoms with Gasteiger partial charge in [-0.1, -0.05) is 0 Å². The number of nitrogens with zero attached hydrogens (tertiary/aromatic N) is 2. The van der Waals surface area contributed by atoms with Crippen molar-refractivity contribution in [3.63, 3.8) is 0 Å². The van der Waals surface area contributed by atoms with Crippen molar-refractivity contribution in [2.75, 3.05) is 18.8 Å². The Hall–Kier alpha value is -2.24. The summed E-state index contributed by atoms with van der Waals surface area (Å²) in [5, 5.41) is 0. The van der Waals surface area contributed by atoms with E-state index in [9.17, 15) is 9.59 Å². The standard InChI is InChI=1S/C18H25N3O3/c1-18(2,3)24-17(23)21-14-8-9-15(21)11-20(10-14)16(22)12-4-6-13(19)7-5-12/h4-7,14-15H,8-11,19H2,1-3H3. The second kappa shape index (κ2) is 6.00. The molecule has 2 amide bonds. The highest BCUT2D eigenvalue weighted by molar-refractivity contribution is 5.94. The van der Waals surface area contributed by atoms with Crippen molar-refractivity contribution in [3.8, 4) is 0 Å². The number of hydrogen-bond acceptors (Lipinski definition) is 4. The largest absolute Gasteiger partial charge is 0.444 e. The predicted molar refractivity (Wildman–Crippen MR) is 91.6 cm³/mol. The van der Waals surface area contributed by atoms with Gasteiger partial charge in [-0.05, 0) is 57.9 Å². The van der Waals surface area contributed by atoms with Gasteiger partial charge in [0.05, 0.1) is 12.1 Å². The monoisotopic (exact) mass is 331 g/mol. The lowest BCUT2D eigenvalue weighted by Crippen LogP contribution is -2.57. The van der Waals surface area contributed by atoms with Crippen LogP contribution in [0.5, 0.6) is 0 Å². The molecule has 3 rings (SSSR count). The van der Waals surface area contributed by atoms with E-state index in [0.717, 1.165) is 12.8 Å². The lowest BCUT2D eigenvalue weighted by atomic mass is 10.1. The van der Waals surface area contributed by atoms with Gasteiger partial charge in [-0.15, -0.1) is 0 Å². The minimum Gasteiger partial charge on any atom is -0.444 e. The van der Waals surface area contributed by atoms with Crippen molar-refractivity contribution in [1.29, 1.82) is 0 Å². The molecule has 2 saturated heterocycles. The zero-order chi connectivity index (χ0) is 17.5. The number of carbonyl (C=O) groups is 2. The molecule has 2 heterocycles. The average Bonchev–Trinajstić information content (AvgIpc) is 2.76. The number of nitrogens with two attached hydrogens (primary N) is 1. The molecule has 0 spiro atoms. The molecule has 2 unspecified atom stereocenters. The molecule has 2 N–H and O–H groups in total. The third-order valence-corrected chi connectivity index (χ3v) is 4.53. The van der Waals surface area contributed by atoms with Gasteiger partial charge in [0, 0.05) is 24.3 Å². The number of anilines is 1. The van der Waals surface area contributed by atoms with Gasteiger partial charge in [-0.3, -0.25) is 9.69 Å². The van der Waals surface area contributed by atoms with Crippen molar-refractivity contribution in [2.45, 2.75) is 51.3 Å². The summed E-state index contributed by atoms with van der Waals surface area (Å²) in [5.74, 6) is -0.00395. The smallest absolute Gasteiger partial charge is 0.410 e. The van der Waals surface area contributed by atoms with Crippen LogP contribution in [0.25, 0.3) is 0 Å². The van der Waals surface area contributed by atoms with E-state index < -0.39 is 5.60 Å². The Morgan fingerprint density at radius 2 is 1.62 bits per heavy atom. The first-order valence-electron chi connectivity index (χ1n) is 8.41. The van der Waals surface area contributed by atoms with Gasteiger partial charge in [0.2, 0.25) is 0 Å². The van der Waals surface area contributed by atoms with E-state index in [4.69, 9.17) is 10.5 Å². The Kier molecular flexibility index (Phi) is 4.15. The number of nitrogen functional groups attached to an aromatic ring is 1. The van der Waals surface area contributed by atoms with Crippen molar-refractivity contribution < 1.29 is 14.3 Å². The lowest BCUT2D eigenvalue weighted by molar-refractivity contribution is -0.00335. The number of likely N-dealkylation sites (tertiary alicyclic amines) is 1. The number of fused-ring (bicyclic) bond motifs is 2. The number of benzene rings is 1. The first-order valence-corrected chi connectivity index (χ1v) is 8.41. The van der Waals surface area contributed by atoms with Crippen molar-refractivity contribution in [3.05, 3.63) is 29.8 Å². The average molecular weight is 331 g/mol. The molecule has 0 aromatic heterocycles. The summed E-state index contributed by atoms with van der Waals surface area (Å²) in [7, 11) is 0. The Bertz CT molecular complexity index is 622. The highest BCUT2D eigenvalue weighted by atomic mass is 16.6. The van der Waals surface area contributed by atoms with Crippen molar-refractivity contribution in [1.82, 2.24) is 9.80 Å². The van der Waals surface area contributed by atoms with E-state index in [1.165, 1.54) is 0 Å². The van der Waals surface area contributed by atoms with E-state index in [2.05, 4.69) is 0 Å². The van der Waals surface area contributed by atoms with E-state index in [1.54, 1.807) is 24.3 Å². The van der Waals surface area contributed by atoms with Crippen LogP contribution in [0.2, 0.25) is 0 Å². The molecular weight excluding hydrogens is 306 g/mol. The maximum absolute atomic E-state index is 12.7. The second-order valence-electron chi connectivity index (χ2n) is 7.60. The highest BCUT2D eigenvalue weighted by Crippen LogP contribution is 2.32. The molecule has 6 heteroatoms. The number of ether oxygens (including phenoxy) is 1. The maximum atomic E-state index is 12.7. The third kappa shape index (κ3) is 3.32. The fourth-order valence-electron chi connectivity index (χ4n) is 3.49. The quantitative estimate of drug-likeness (QED) is 0.802. The van der Waals surface area contributed by atoms with E-state index >= 15 is 0 Å². The molecule has 1 aromatic rings. The number of hydrogen-bond donors (Lipinski definition) is 1. The van der Waals surface area contributed by atoms with Gasteiger partial charge in [0.1, 0.15) is 5.60 Å². The van der Waals surface area contributed by atoms with Crippen LogP contribution in [0, 0.1) is 0 Å². The summed E-state index contributed by atoms with van der Waals surface area (Å²) in [6.07, 6.45) is 1.56. The summed E-state index contributed by atoms with van der Waals surface area (Å²) >= 11 is 0. The van der Waals surface area contributed by atoms with Crippen LogP contribution in [0.4, 0.5) is 10.5 Å². The third-order valence-electron chi connectivity index (χ3n) is 4.53. The fraction of sp³-hybridized carbons (Fsp3) is 0.556. The number of piperazine rings is 1. The molecule has 6 nitrogen and oxygen atoms in total. The van der Waals surface area contributed by atoms with E-state index in [0.29, 0.717) is 24.3 Å². The molecule has 0 aliphatic carbocycles. The molecule has 2 aliphatic rings. The molecule has 130 valence electrons. The highest BCUT2D eigenvalue weighted by Gasteiger charge is 2.45. The molecule has 2 bridgehead atoms. The van der Waals surface area contributed by atoms with E-state index in [-0.39, 0.29) is 24.1 Å². The summed E-state index contributed by atoms with van der Waals surface area (Å²) in [5.41, 5.74) is 6.45. The van der Waals surface area contributed by atoms with Crippen LogP contribution in [0.15, 0.2) is 24.3 Å². The maximum Gasteiger partial charge on any atom is 0.410 e. The first kappa shape index (κ1) is 16.6. The number of carbonyl (C=O) groups excluding carboxylic acids is 2. The summed E-state index contributed by atoms with van der Waals surface area (Å²) in [6.45, 7) is 6.72. The molecule has 0 radical (unpaired) electrons. The van der Waals surface area contributed by atoms with Crippen LogP contribution in [-0.4, -0.2) is 52.6 Å². The number of rotatable bonds is 1. The van der Waals surface area contributed by atoms with Crippen LogP contribution >= 0.6 is 0 Å². The van der Waals surface area contributed by atoms with Gasteiger partial charge < -0.3 is 15.4 Å². The Morgan fingerprint density at radius 1 is 1.08 bits per heavy atom. The van der Waals surface area contributed by atoms with Gasteiger partial charge in [0.15, 0.2) is 0 Å². The fourth-order valence-corrected chi connectivity index (χ4v) is 3.49. The minimum absolute atomic E-state index is 0.00395. The van der Waals surface area contributed by atoms with Gasteiger partial charge in [-0.2, -0.15) is 0 Å². The minimum atomic E-state index is -0.507. The molecule has 0 saturated carbocycles. The van der Waals surface area contributed by atoms with Gasteiger partial charge in [0.25, 0.3) is 5.91 Å². The second-order valence-corrected chi connectivity index (χ2v) is 7.60. The summed E-state index contributed by atoms with van der Waals surface area (Å²) in [6, 6.07) is 7.05. The molecule has 2 fully saturated rings. The Balaban J connectivity index is 1.70. The summed E-state index contributed by atoms with van der Waals surface area (Å²) < 4.78 is 5.52.